The molecule has 0 saturated heterocycles. The topological polar surface area (TPSA) is 59.6 Å². The summed E-state index contributed by atoms with van der Waals surface area (Å²) in [5, 5.41) is 3.12. The molecule has 0 aromatic heterocycles. The number of anilines is 1. The summed E-state index contributed by atoms with van der Waals surface area (Å²) in [5.74, 6) is 1.23. The molecule has 2 aromatic carbocycles. The van der Waals surface area contributed by atoms with Crippen LogP contribution in [0.3, 0.4) is 0 Å². The second kappa shape index (κ2) is 8.76. The molecule has 0 atom stereocenters. The minimum absolute atomic E-state index is 0. The summed E-state index contributed by atoms with van der Waals surface area (Å²) in [6, 6.07) is 12.2. The monoisotopic (exact) mass is 425 g/mol. The highest BCUT2D eigenvalue weighted by Crippen LogP contribution is 2.20. The van der Waals surface area contributed by atoms with E-state index < -0.39 is 0 Å². The smallest absolute Gasteiger partial charge is 0.193 e. The molecule has 4 nitrogen and oxygen atoms in total. The van der Waals surface area contributed by atoms with Crippen LogP contribution in [0, 0.1) is 20.8 Å². The van der Waals surface area contributed by atoms with Gasteiger partial charge in [-0.1, -0.05) is 18.2 Å². The number of nitrogens with one attached hydrogen (secondary N) is 1. The van der Waals surface area contributed by atoms with Crippen molar-refractivity contribution >= 4 is 35.6 Å². The van der Waals surface area contributed by atoms with Crippen molar-refractivity contribution in [2.45, 2.75) is 27.3 Å². The largest absolute Gasteiger partial charge is 0.496 e. The van der Waals surface area contributed by atoms with Crippen LogP contribution in [-0.4, -0.2) is 13.1 Å². The van der Waals surface area contributed by atoms with Gasteiger partial charge in [0.15, 0.2) is 5.96 Å². The number of halogens is 1. The van der Waals surface area contributed by atoms with Crippen molar-refractivity contribution in [1.82, 2.24) is 0 Å². The van der Waals surface area contributed by atoms with Gasteiger partial charge in [-0.25, -0.2) is 4.99 Å². The van der Waals surface area contributed by atoms with Crippen molar-refractivity contribution in [2.75, 3.05) is 12.4 Å². The third kappa shape index (κ3) is 5.42. The fourth-order valence-electron chi connectivity index (χ4n) is 2.16. The van der Waals surface area contributed by atoms with E-state index in [1.807, 2.05) is 31.2 Å². The molecule has 0 fully saturated rings. The van der Waals surface area contributed by atoms with E-state index in [2.05, 4.69) is 36.3 Å². The zero-order valence-electron chi connectivity index (χ0n) is 14.0. The van der Waals surface area contributed by atoms with Crippen LogP contribution >= 0.6 is 24.0 Å². The number of rotatable bonds is 4. The molecule has 3 N–H and O–H groups in total. The summed E-state index contributed by atoms with van der Waals surface area (Å²) < 4.78 is 5.38. The van der Waals surface area contributed by atoms with Gasteiger partial charge in [0.25, 0.3) is 0 Å². The molecule has 0 saturated carbocycles. The normalized spacial score (nSPS) is 10.9. The first-order valence-corrected chi connectivity index (χ1v) is 7.27. The van der Waals surface area contributed by atoms with E-state index in [-0.39, 0.29) is 24.0 Å². The van der Waals surface area contributed by atoms with Crippen molar-refractivity contribution in [1.29, 1.82) is 0 Å². The predicted octanol–water partition coefficient (Wildman–Crippen LogP) is 4.17. The van der Waals surface area contributed by atoms with Gasteiger partial charge in [0.1, 0.15) is 5.75 Å². The van der Waals surface area contributed by atoms with Crippen molar-refractivity contribution in [3.05, 3.63) is 58.7 Å². The number of methoxy groups -OCH3 is 1. The van der Waals surface area contributed by atoms with Crippen LogP contribution in [0.15, 0.2) is 41.4 Å². The average molecular weight is 425 g/mol. The Morgan fingerprint density at radius 2 is 1.83 bits per heavy atom. The van der Waals surface area contributed by atoms with Gasteiger partial charge in [0.2, 0.25) is 0 Å². The number of aryl methyl sites for hydroxylation is 3. The Morgan fingerprint density at radius 3 is 2.48 bits per heavy atom. The first-order valence-electron chi connectivity index (χ1n) is 7.27. The van der Waals surface area contributed by atoms with Gasteiger partial charge in [-0.15, -0.1) is 24.0 Å². The molecule has 0 radical (unpaired) electrons. The molecule has 0 unspecified atom stereocenters. The van der Waals surface area contributed by atoms with E-state index in [1.54, 1.807) is 7.11 Å². The molecule has 2 aromatic rings. The van der Waals surface area contributed by atoms with Crippen molar-refractivity contribution in [3.8, 4) is 5.75 Å². The van der Waals surface area contributed by atoms with Crippen LogP contribution in [0.2, 0.25) is 0 Å². The number of nitrogens with two attached hydrogens (primary N) is 1. The molecule has 0 aliphatic carbocycles. The van der Waals surface area contributed by atoms with Crippen LogP contribution in [0.5, 0.6) is 5.75 Å². The Morgan fingerprint density at radius 1 is 1.09 bits per heavy atom. The van der Waals surface area contributed by atoms with E-state index >= 15 is 0 Å². The number of ether oxygens (including phenoxy) is 1. The third-order valence-electron chi connectivity index (χ3n) is 3.64. The lowest BCUT2D eigenvalue weighted by atomic mass is 10.1. The number of aliphatic imine (C=N–C) groups is 1. The van der Waals surface area contributed by atoms with Crippen molar-refractivity contribution < 1.29 is 4.74 Å². The molecule has 0 heterocycles. The van der Waals surface area contributed by atoms with Gasteiger partial charge in [-0.3, -0.25) is 0 Å². The van der Waals surface area contributed by atoms with Crippen LogP contribution in [0.4, 0.5) is 5.69 Å². The molecular formula is C18H24IN3O. The maximum absolute atomic E-state index is 5.96. The summed E-state index contributed by atoms with van der Waals surface area (Å²) in [6.07, 6.45) is 0. The minimum atomic E-state index is 0. The first-order chi connectivity index (χ1) is 10.5. The molecular weight excluding hydrogens is 401 g/mol. The summed E-state index contributed by atoms with van der Waals surface area (Å²) in [6.45, 7) is 6.67. The molecule has 0 spiro atoms. The fourth-order valence-corrected chi connectivity index (χ4v) is 2.16. The van der Waals surface area contributed by atoms with Crippen LogP contribution < -0.4 is 15.8 Å². The van der Waals surface area contributed by atoms with Crippen molar-refractivity contribution in [2.24, 2.45) is 10.7 Å². The highest BCUT2D eigenvalue weighted by atomic mass is 127. The van der Waals surface area contributed by atoms with Gasteiger partial charge in [-0.2, -0.15) is 0 Å². The lowest BCUT2D eigenvalue weighted by Crippen LogP contribution is -2.22. The van der Waals surface area contributed by atoms with Crippen molar-refractivity contribution in [3.63, 3.8) is 0 Å². The summed E-state index contributed by atoms with van der Waals surface area (Å²) in [7, 11) is 1.67. The summed E-state index contributed by atoms with van der Waals surface area (Å²) in [5.41, 5.74) is 11.6. The van der Waals surface area contributed by atoms with Gasteiger partial charge in [0, 0.05) is 11.3 Å². The maximum Gasteiger partial charge on any atom is 0.193 e. The second-order valence-electron chi connectivity index (χ2n) is 5.44. The Kier molecular flexibility index (Phi) is 7.35. The molecule has 23 heavy (non-hydrogen) atoms. The Hall–Kier alpha value is -1.76. The van der Waals surface area contributed by atoms with Crippen LogP contribution in [0.25, 0.3) is 0 Å². The number of nitrogens with zero attached hydrogens (tertiary/aromatic N) is 1. The van der Waals surface area contributed by atoms with Gasteiger partial charge in [-0.05, 0) is 55.7 Å². The molecule has 124 valence electrons. The molecule has 2 rings (SSSR count). The molecule has 0 aliphatic rings. The molecule has 0 aliphatic heterocycles. The maximum atomic E-state index is 5.96. The van der Waals surface area contributed by atoms with E-state index in [4.69, 9.17) is 10.5 Å². The van der Waals surface area contributed by atoms with E-state index in [0.717, 1.165) is 22.6 Å². The Balaban J connectivity index is 0.00000264. The van der Waals surface area contributed by atoms with Gasteiger partial charge >= 0.3 is 0 Å². The summed E-state index contributed by atoms with van der Waals surface area (Å²) in [4.78, 5) is 4.38. The second-order valence-corrected chi connectivity index (χ2v) is 5.44. The standard InChI is InChI=1S/C18H23N3O.HI/c1-12-5-7-15(17(9-12)22-4)11-20-18(19)21-16-8-6-13(2)14(3)10-16;/h5-10H,11H2,1-4H3,(H3,19,20,21);1H. The number of hydrogen-bond donors (Lipinski definition) is 2. The third-order valence-corrected chi connectivity index (χ3v) is 3.64. The highest BCUT2D eigenvalue weighted by molar-refractivity contribution is 14.0. The molecule has 5 heteroatoms. The predicted molar refractivity (Wildman–Crippen MR) is 108 cm³/mol. The zero-order valence-corrected chi connectivity index (χ0v) is 16.3. The van der Waals surface area contributed by atoms with Gasteiger partial charge < -0.3 is 15.8 Å². The quantitative estimate of drug-likeness (QED) is 0.439. The number of hydrogen-bond acceptors (Lipinski definition) is 2. The summed E-state index contributed by atoms with van der Waals surface area (Å²) >= 11 is 0. The SMILES string of the molecule is COc1cc(C)ccc1CN=C(N)Nc1ccc(C)c(C)c1.I. The number of benzene rings is 2. The van der Waals surface area contributed by atoms with E-state index in [1.165, 1.54) is 11.1 Å². The minimum Gasteiger partial charge on any atom is -0.496 e. The zero-order chi connectivity index (χ0) is 16.1. The van der Waals surface area contributed by atoms with Crippen LogP contribution in [-0.2, 0) is 6.54 Å². The fraction of sp³-hybridized carbons (Fsp3) is 0.278. The molecule has 0 bridgehead atoms. The Bertz CT molecular complexity index is 699. The van der Waals surface area contributed by atoms with E-state index in [9.17, 15) is 0 Å². The highest BCUT2D eigenvalue weighted by Gasteiger charge is 2.03. The number of guanidine groups is 1. The lowest BCUT2D eigenvalue weighted by molar-refractivity contribution is 0.409. The van der Waals surface area contributed by atoms with Crippen LogP contribution in [0.1, 0.15) is 22.3 Å². The van der Waals surface area contributed by atoms with E-state index in [0.29, 0.717) is 12.5 Å². The average Bonchev–Trinajstić information content (AvgIpc) is 2.49. The lowest BCUT2D eigenvalue weighted by Gasteiger charge is -2.10. The Labute approximate surface area is 155 Å². The van der Waals surface area contributed by atoms with Gasteiger partial charge in [0.05, 0.1) is 13.7 Å². The first kappa shape index (κ1) is 19.3. The molecule has 0 amide bonds.